The number of amides is 1. The molecule has 11 heteroatoms. The van der Waals surface area contributed by atoms with Crippen molar-refractivity contribution in [3.8, 4) is 0 Å². The van der Waals surface area contributed by atoms with E-state index in [-0.39, 0.29) is 36.3 Å². The first-order valence-electron chi connectivity index (χ1n) is 15.5. The molecule has 5 aliphatic carbocycles. The van der Waals surface area contributed by atoms with Gasteiger partial charge in [0.2, 0.25) is 5.91 Å². The van der Waals surface area contributed by atoms with E-state index in [1.54, 1.807) is 38.5 Å². The molecule has 1 aliphatic heterocycles. The molecule has 0 aromatic heterocycles. The number of anilines is 1. The molecule has 11 nitrogen and oxygen atoms in total. The van der Waals surface area contributed by atoms with Crippen LogP contribution >= 0.6 is 0 Å². The molecular weight excluding hydrogens is 556 g/mol. The quantitative estimate of drug-likeness (QED) is 0.338. The Kier molecular flexibility index (Phi) is 6.50. The minimum atomic E-state index is -1.98. The standard InChI is InChI=1S/C32H44N2O9/c1-6-34-16-28(43-27(36)18-9-7-8-10-21(18)33-17(2)35)12-11-24(41-4)31-23(28)13-20(25(31)34)29(37)15-22(40-3)19-14-30(31,38)32(29,39)26(19)42-5/h7-10,19-20,22-26,37-39H,6,11-16H2,1-5H3,(H,33,35)/t19-,20+,22+,23-,24-,25-,26+,28-,29+,30-,31+,32+/m1/s1. The second kappa shape index (κ2) is 9.45. The fraction of sp³-hybridized carbons (Fsp3) is 0.750. The SMILES string of the molecule is CCN1C[C@]2(OC(=O)c3ccccc3NC(C)=O)CC[C@@H](OC)[C@@]34[C@@H]2C[C@@H]([C@@H]13)[C@@]1(O)C[C@H](OC)[C@H]2C[C@]4(O)[C@]1(O)[C@H]2OC. The van der Waals surface area contributed by atoms with Crippen molar-refractivity contribution < 1.29 is 43.9 Å². The highest BCUT2D eigenvalue weighted by molar-refractivity contribution is 6.00. The van der Waals surface area contributed by atoms with Gasteiger partial charge in [0.25, 0.3) is 0 Å². The number of para-hydroxylation sites is 1. The number of likely N-dealkylation sites (tertiary alicyclic amines) is 1. The Labute approximate surface area is 251 Å². The first kappa shape index (κ1) is 29.6. The van der Waals surface area contributed by atoms with Gasteiger partial charge in [-0.25, -0.2) is 4.79 Å². The molecule has 6 fully saturated rings. The maximum Gasteiger partial charge on any atom is 0.340 e. The van der Waals surface area contributed by atoms with Crippen LogP contribution in [0.3, 0.4) is 0 Å². The zero-order valence-corrected chi connectivity index (χ0v) is 25.5. The van der Waals surface area contributed by atoms with E-state index in [2.05, 4.69) is 10.2 Å². The summed E-state index contributed by atoms with van der Waals surface area (Å²) in [6.07, 6.45) is 0.0340. The minimum absolute atomic E-state index is 0.162. The van der Waals surface area contributed by atoms with Crippen LogP contribution < -0.4 is 5.32 Å². The number of esters is 1. The van der Waals surface area contributed by atoms with E-state index < -0.39 is 63.9 Å². The lowest BCUT2D eigenvalue weighted by Gasteiger charge is -2.73. The Morgan fingerprint density at radius 1 is 1.07 bits per heavy atom. The van der Waals surface area contributed by atoms with Crippen molar-refractivity contribution >= 4 is 17.6 Å². The summed E-state index contributed by atoms with van der Waals surface area (Å²) in [4.78, 5) is 28.2. The molecule has 4 N–H and O–H groups in total. The summed E-state index contributed by atoms with van der Waals surface area (Å²) >= 11 is 0. The fourth-order valence-electron chi connectivity index (χ4n) is 11.6. The normalized spacial score (nSPS) is 49.1. The Bertz CT molecular complexity index is 1340. The molecule has 236 valence electrons. The summed E-state index contributed by atoms with van der Waals surface area (Å²) in [6, 6.07) is 6.45. The highest BCUT2D eigenvalue weighted by Crippen LogP contribution is 2.80. The number of ether oxygens (including phenoxy) is 4. The summed E-state index contributed by atoms with van der Waals surface area (Å²) in [5, 5.41) is 41.7. The lowest BCUT2D eigenvalue weighted by Crippen LogP contribution is -2.89. The number of fused-ring (bicyclic) bond motifs is 2. The molecule has 1 saturated heterocycles. The minimum Gasteiger partial charge on any atom is -0.454 e. The third-order valence-corrected chi connectivity index (χ3v) is 12.7. The smallest absolute Gasteiger partial charge is 0.340 e. The van der Waals surface area contributed by atoms with Crippen molar-refractivity contribution in [2.45, 2.75) is 92.7 Å². The van der Waals surface area contributed by atoms with Gasteiger partial charge in [0.05, 0.1) is 35.0 Å². The average Bonchev–Trinajstić information content (AvgIpc) is 3.38. The third kappa shape index (κ3) is 3.19. The topological polar surface area (TPSA) is 147 Å². The van der Waals surface area contributed by atoms with Crippen LogP contribution in [0.4, 0.5) is 5.69 Å². The predicted octanol–water partition coefficient (Wildman–Crippen LogP) is 1.34. The summed E-state index contributed by atoms with van der Waals surface area (Å²) in [5.41, 5.74) is -7.00. The Morgan fingerprint density at radius 3 is 2.47 bits per heavy atom. The highest BCUT2D eigenvalue weighted by atomic mass is 16.6. The number of hydrogen-bond acceptors (Lipinski definition) is 10. The van der Waals surface area contributed by atoms with E-state index >= 15 is 0 Å². The number of carbonyl (C=O) groups is 2. The van der Waals surface area contributed by atoms with E-state index in [0.29, 0.717) is 38.0 Å². The molecule has 6 aliphatic rings. The van der Waals surface area contributed by atoms with Crippen molar-refractivity contribution in [3.05, 3.63) is 29.8 Å². The van der Waals surface area contributed by atoms with E-state index in [1.165, 1.54) is 14.0 Å². The number of likely N-dealkylation sites (N-methyl/N-ethyl adjacent to an activating group) is 1. The third-order valence-electron chi connectivity index (χ3n) is 12.7. The van der Waals surface area contributed by atoms with Gasteiger partial charge in [-0.1, -0.05) is 19.1 Å². The monoisotopic (exact) mass is 600 g/mol. The van der Waals surface area contributed by atoms with Crippen LogP contribution in [0, 0.1) is 23.2 Å². The van der Waals surface area contributed by atoms with Crippen LogP contribution in [0.1, 0.15) is 56.3 Å². The van der Waals surface area contributed by atoms with Crippen molar-refractivity contribution in [2.24, 2.45) is 23.2 Å². The van der Waals surface area contributed by atoms with Gasteiger partial charge in [-0.15, -0.1) is 0 Å². The maximum absolute atomic E-state index is 14.0. The molecule has 7 bridgehead atoms. The molecule has 1 heterocycles. The van der Waals surface area contributed by atoms with Crippen LogP contribution in [0.2, 0.25) is 0 Å². The summed E-state index contributed by atoms with van der Waals surface area (Å²) in [7, 11) is 4.76. The van der Waals surface area contributed by atoms with Gasteiger partial charge in [0.1, 0.15) is 22.4 Å². The van der Waals surface area contributed by atoms with E-state index in [4.69, 9.17) is 18.9 Å². The van der Waals surface area contributed by atoms with Crippen molar-refractivity contribution in [2.75, 3.05) is 39.7 Å². The summed E-state index contributed by atoms with van der Waals surface area (Å²) in [5.74, 6) is -2.08. The summed E-state index contributed by atoms with van der Waals surface area (Å²) in [6.45, 7) is 4.44. The molecule has 0 radical (unpaired) electrons. The van der Waals surface area contributed by atoms with Crippen molar-refractivity contribution in [1.82, 2.24) is 4.90 Å². The van der Waals surface area contributed by atoms with Crippen molar-refractivity contribution in [3.63, 3.8) is 0 Å². The number of aliphatic hydroxyl groups is 3. The Balaban J connectivity index is 1.41. The fourth-order valence-corrected chi connectivity index (χ4v) is 11.6. The summed E-state index contributed by atoms with van der Waals surface area (Å²) < 4.78 is 24.7. The van der Waals surface area contributed by atoms with Gasteiger partial charge in [0, 0.05) is 65.0 Å². The lowest BCUT2D eigenvalue weighted by atomic mass is 9.42. The zero-order chi connectivity index (χ0) is 30.7. The number of methoxy groups -OCH3 is 3. The molecule has 1 amide bonds. The van der Waals surface area contributed by atoms with Crippen LogP contribution in [0.5, 0.6) is 0 Å². The van der Waals surface area contributed by atoms with Gasteiger partial charge in [-0.05, 0) is 44.4 Å². The first-order valence-corrected chi connectivity index (χ1v) is 15.5. The van der Waals surface area contributed by atoms with E-state index in [0.717, 1.165) is 0 Å². The number of nitrogens with one attached hydrogen (secondary N) is 1. The largest absolute Gasteiger partial charge is 0.454 e. The van der Waals surface area contributed by atoms with Gasteiger partial charge in [-0.2, -0.15) is 0 Å². The number of nitrogens with zero attached hydrogens (tertiary/aromatic N) is 1. The predicted molar refractivity (Wildman–Crippen MR) is 153 cm³/mol. The number of piperidine rings is 1. The van der Waals surface area contributed by atoms with Gasteiger partial charge in [-0.3, -0.25) is 9.69 Å². The molecule has 0 unspecified atom stereocenters. The molecule has 12 atom stereocenters. The van der Waals surface area contributed by atoms with E-state index in [9.17, 15) is 24.9 Å². The van der Waals surface area contributed by atoms with Crippen LogP contribution in [-0.4, -0.2) is 113 Å². The van der Waals surface area contributed by atoms with Crippen LogP contribution in [0.25, 0.3) is 0 Å². The number of hydrogen-bond donors (Lipinski definition) is 4. The van der Waals surface area contributed by atoms with Gasteiger partial charge < -0.3 is 39.6 Å². The molecule has 5 saturated carbocycles. The number of benzene rings is 1. The molecule has 1 aromatic rings. The maximum atomic E-state index is 14.0. The number of rotatable bonds is 7. The van der Waals surface area contributed by atoms with Gasteiger partial charge >= 0.3 is 5.97 Å². The molecule has 7 rings (SSSR count). The second-order valence-electron chi connectivity index (χ2n) is 13.8. The van der Waals surface area contributed by atoms with Crippen LogP contribution in [0.15, 0.2) is 24.3 Å². The van der Waals surface area contributed by atoms with Gasteiger partial charge in [0.15, 0.2) is 0 Å². The Hall–Kier alpha value is -2.12. The zero-order valence-electron chi connectivity index (χ0n) is 25.5. The average molecular weight is 601 g/mol. The van der Waals surface area contributed by atoms with Crippen molar-refractivity contribution in [1.29, 1.82) is 0 Å². The molecule has 43 heavy (non-hydrogen) atoms. The molecule has 1 spiro atoms. The number of carbonyl (C=O) groups excluding carboxylic acids is 2. The van der Waals surface area contributed by atoms with Crippen LogP contribution in [-0.2, 0) is 23.7 Å². The second-order valence-corrected chi connectivity index (χ2v) is 13.8. The highest BCUT2D eigenvalue weighted by Gasteiger charge is 2.94. The Morgan fingerprint density at radius 2 is 1.81 bits per heavy atom. The lowest BCUT2D eigenvalue weighted by molar-refractivity contribution is -0.384. The van der Waals surface area contributed by atoms with E-state index in [1.807, 2.05) is 6.92 Å². The molecule has 1 aromatic carbocycles. The first-order chi connectivity index (χ1) is 20.4. The molecular formula is C32H44N2O9.